The Morgan fingerprint density at radius 1 is 1.02 bits per heavy atom. The van der Waals surface area contributed by atoms with E-state index in [1.807, 2.05) is 0 Å². The zero-order chi connectivity index (χ0) is 31.5. The van der Waals surface area contributed by atoms with Gasteiger partial charge in [0.15, 0.2) is 0 Å². The van der Waals surface area contributed by atoms with Gasteiger partial charge in [-0.15, -0.1) is 0 Å². The monoisotopic (exact) mass is 613 g/mol. The maximum absolute atomic E-state index is 14.2. The summed E-state index contributed by atoms with van der Waals surface area (Å²) in [5.41, 5.74) is -2.27. The Labute approximate surface area is 246 Å². The van der Waals surface area contributed by atoms with E-state index in [2.05, 4.69) is 10.0 Å². The van der Waals surface area contributed by atoms with Gasteiger partial charge in [-0.1, -0.05) is 25.3 Å². The molecule has 1 fully saturated rings. The third-order valence-corrected chi connectivity index (χ3v) is 9.24. The van der Waals surface area contributed by atoms with E-state index in [4.69, 9.17) is 4.74 Å². The second-order valence-electron chi connectivity index (χ2n) is 12.7. The molecule has 2 N–H and O–H groups in total. The fourth-order valence-electron chi connectivity index (χ4n) is 5.25. The zero-order valence-corrected chi connectivity index (χ0v) is 26.0. The Morgan fingerprint density at radius 3 is 2.24 bits per heavy atom. The van der Waals surface area contributed by atoms with Gasteiger partial charge in [0.2, 0.25) is 10.0 Å². The summed E-state index contributed by atoms with van der Waals surface area (Å²) in [4.78, 5) is 24.2. The number of halogens is 3. The maximum Gasteiger partial charge on any atom is 0.417 e. The van der Waals surface area contributed by atoms with Crippen molar-refractivity contribution in [1.82, 2.24) is 14.6 Å². The standard InChI is InChI=1S/C30H42F3N3O5S/c1-28(2,3)35-42(39,40)25-13-12-21(16-23(25)30(31,32)33)24-17-22(19-36(24)18-20-10-8-7-9-11-20)26(37)34-15-14-29(4,5)27(38)41-6/h12-13,16-17,19-20,35H,7-11,14-15,18H2,1-6H3,(H,34,37). The molecule has 42 heavy (non-hydrogen) atoms. The minimum absolute atomic E-state index is 0.152. The summed E-state index contributed by atoms with van der Waals surface area (Å²) in [5.74, 6) is -0.524. The van der Waals surface area contributed by atoms with Crippen LogP contribution < -0.4 is 10.0 Å². The number of carbonyl (C=O) groups excluding carboxylic acids is 2. The van der Waals surface area contributed by atoms with Gasteiger partial charge in [0.05, 0.1) is 28.5 Å². The average Bonchev–Trinajstić information content (AvgIpc) is 3.30. The predicted octanol–water partition coefficient (Wildman–Crippen LogP) is 6.15. The van der Waals surface area contributed by atoms with Crippen molar-refractivity contribution in [2.45, 2.75) is 96.3 Å². The Balaban J connectivity index is 2.00. The summed E-state index contributed by atoms with van der Waals surface area (Å²) in [6, 6.07) is 4.68. The predicted molar refractivity (Wildman–Crippen MR) is 154 cm³/mol. The van der Waals surface area contributed by atoms with Gasteiger partial charge in [-0.2, -0.15) is 13.2 Å². The van der Waals surface area contributed by atoms with Gasteiger partial charge >= 0.3 is 12.1 Å². The first-order valence-electron chi connectivity index (χ1n) is 14.2. The second kappa shape index (κ2) is 12.8. The van der Waals surface area contributed by atoms with Gasteiger partial charge in [-0.3, -0.25) is 9.59 Å². The molecule has 1 aliphatic carbocycles. The highest BCUT2D eigenvalue weighted by molar-refractivity contribution is 7.89. The molecule has 1 aliphatic rings. The number of nitrogens with zero attached hydrogens (tertiary/aromatic N) is 1. The minimum atomic E-state index is -4.94. The van der Waals surface area contributed by atoms with Gasteiger partial charge in [0, 0.05) is 30.5 Å². The molecule has 1 aromatic heterocycles. The van der Waals surface area contributed by atoms with Crippen LogP contribution in [-0.2, 0) is 32.3 Å². The van der Waals surface area contributed by atoms with Crippen molar-refractivity contribution in [1.29, 1.82) is 0 Å². The lowest BCUT2D eigenvalue weighted by Crippen LogP contribution is -2.41. The molecular formula is C30H42F3N3O5S. The molecule has 0 unspecified atom stereocenters. The molecule has 234 valence electrons. The number of sulfonamides is 1. The zero-order valence-electron chi connectivity index (χ0n) is 25.2. The van der Waals surface area contributed by atoms with Crippen molar-refractivity contribution in [3.63, 3.8) is 0 Å². The van der Waals surface area contributed by atoms with Crippen molar-refractivity contribution in [2.75, 3.05) is 13.7 Å². The summed E-state index contributed by atoms with van der Waals surface area (Å²) in [5, 5.41) is 2.79. The van der Waals surface area contributed by atoms with Crippen LogP contribution in [0.5, 0.6) is 0 Å². The normalized spacial score (nSPS) is 15.5. The van der Waals surface area contributed by atoms with Crippen LogP contribution in [0.1, 0.15) is 89.1 Å². The molecule has 1 heterocycles. The fraction of sp³-hybridized carbons (Fsp3) is 0.600. The van der Waals surface area contributed by atoms with E-state index in [9.17, 15) is 31.2 Å². The molecule has 8 nitrogen and oxygen atoms in total. The number of carbonyl (C=O) groups is 2. The lowest BCUT2D eigenvalue weighted by atomic mass is 9.89. The number of benzene rings is 1. The SMILES string of the molecule is COC(=O)C(C)(C)CCNC(=O)c1cc(-c2ccc(S(=O)(=O)NC(C)(C)C)c(C(F)(F)F)c2)n(CC2CCCCC2)c1. The van der Waals surface area contributed by atoms with Gasteiger partial charge in [0.1, 0.15) is 0 Å². The lowest BCUT2D eigenvalue weighted by Gasteiger charge is -2.24. The summed E-state index contributed by atoms with van der Waals surface area (Å²) >= 11 is 0. The summed E-state index contributed by atoms with van der Waals surface area (Å²) in [6.07, 6.45) is 2.24. The number of amides is 1. The number of nitrogens with one attached hydrogen (secondary N) is 2. The molecule has 0 atom stereocenters. The number of rotatable bonds is 10. The van der Waals surface area contributed by atoms with Gasteiger partial charge in [-0.25, -0.2) is 13.1 Å². The third kappa shape index (κ3) is 8.59. The number of ether oxygens (including phenoxy) is 1. The minimum Gasteiger partial charge on any atom is -0.469 e. The van der Waals surface area contributed by atoms with Gasteiger partial charge < -0.3 is 14.6 Å². The first-order valence-corrected chi connectivity index (χ1v) is 15.6. The quantitative estimate of drug-likeness (QED) is 0.313. The van der Waals surface area contributed by atoms with E-state index in [1.54, 1.807) is 45.4 Å². The Morgan fingerprint density at radius 2 is 1.67 bits per heavy atom. The van der Waals surface area contributed by atoms with Crippen molar-refractivity contribution in [2.24, 2.45) is 11.3 Å². The molecule has 0 spiro atoms. The van der Waals surface area contributed by atoms with Crippen LogP contribution in [0.2, 0.25) is 0 Å². The van der Waals surface area contributed by atoms with Crippen LogP contribution >= 0.6 is 0 Å². The summed E-state index contributed by atoms with van der Waals surface area (Å²) in [6.45, 7) is 8.78. The number of esters is 1. The highest BCUT2D eigenvalue weighted by Gasteiger charge is 2.39. The number of methoxy groups -OCH3 is 1. The number of aromatic nitrogens is 1. The third-order valence-electron chi connectivity index (χ3n) is 7.42. The molecule has 0 aliphatic heterocycles. The molecule has 1 saturated carbocycles. The largest absolute Gasteiger partial charge is 0.469 e. The second-order valence-corrected chi connectivity index (χ2v) is 14.4. The first kappa shape index (κ1) is 33.6. The van der Waals surface area contributed by atoms with Crippen molar-refractivity contribution >= 4 is 21.9 Å². The summed E-state index contributed by atoms with van der Waals surface area (Å²) < 4.78 is 77.4. The molecule has 1 amide bonds. The van der Waals surface area contributed by atoms with Crippen LogP contribution in [0, 0.1) is 11.3 Å². The molecule has 12 heteroatoms. The van der Waals surface area contributed by atoms with Crippen molar-refractivity contribution in [3.05, 3.63) is 41.6 Å². The van der Waals surface area contributed by atoms with Crippen molar-refractivity contribution in [3.8, 4) is 11.3 Å². The molecule has 0 saturated heterocycles. The van der Waals surface area contributed by atoms with Gasteiger partial charge in [0.25, 0.3) is 5.91 Å². The van der Waals surface area contributed by atoms with Crippen molar-refractivity contribution < 1.29 is 35.9 Å². The molecular weight excluding hydrogens is 571 g/mol. The highest BCUT2D eigenvalue weighted by atomic mass is 32.2. The Bertz CT molecular complexity index is 1390. The number of hydrogen-bond donors (Lipinski definition) is 2. The van der Waals surface area contributed by atoms with Crippen LogP contribution in [0.15, 0.2) is 35.4 Å². The molecule has 2 aromatic rings. The van der Waals surface area contributed by atoms with E-state index < -0.39 is 49.5 Å². The average molecular weight is 614 g/mol. The molecule has 0 radical (unpaired) electrons. The number of hydrogen-bond acceptors (Lipinski definition) is 5. The van der Waals surface area contributed by atoms with Crippen LogP contribution in [0.25, 0.3) is 11.3 Å². The summed E-state index contributed by atoms with van der Waals surface area (Å²) in [7, 11) is -3.18. The van der Waals surface area contributed by atoms with Crippen LogP contribution in [0.3, 0.4) is 0 Å². The maximum atomic E-state index is 14.2. The van der Waals surface area contributed by atoms with Crippen LogP contribution in [-0.4, -0.2) is 44.1 Å². The van der Waals surface area contributed by atoms with Gasteiger partial charge in [-0.05, 0) is 83.6 Å². The van der Waals surface area contributed by atoms with E-state index in [1.165, 1.54) is 19.2 Å². The smallest absolute Gasteiger partial charge is 0.417 e. The van der Waals surface area contributed by atoms with E-state index >= 15 is 0 Å². The number of alkyl halides is 3. The fourth-order valence-corrected chi connectivity index (χ4v) is 6.88. The Hall–Kier alpha value is -2.86. The first-order chi connectivity index (χ1) is 19.3. The lowest BCUT2D eigenvalue weighted by molar-refractivity contribution is -0.151. The van der Waals surface area contributed by atoms with Crippen LogP contribution in [0.4, 0.5) is 13.2 Å². The van der Waals surface area contributed by atoms with E-state index in [0.717, 1.165) is 44.2 Å². The van der Waals surface area contributed by atoms with E-state index in [-0.39, 0.29) is 17.7 Å². The Kier molecular flexibility index (Phi) is 10.2. The van der Waals surface area contributed by atoms with E-state index in [0.29, 0.717) is 24.6 Å². The molecule has 1 aromatic carbocycles. The topological polar surface area (TPSA) is 106 Å². The molecule has 0 bridgehead atoms. The highest BCUT2D eigenvalue weighted by Crippen LogP contribution is 2.38. The molecule has 3 rings (SSSR count).